The summed E-state index contributed by atoms with van der Waals surface area (Å²) in [6, 6.07) is 18.8. The minimum atomic E-state index is -0.283. The standard InChI is InChI=1S/C24H25ClN4O/c1-3-17(2)19-7-9-22(10-8-19)28-24(27-16-18-11-13-26-14-12-18)29-23(30)20-5-4-6-21(25)15-20/h4-15,17H,3,16H2,1-2H3,(H2,27,28,29,30). The van der Waals surface area contributed by atoms with Crippen LogP contribution in [-0.4, -0.2) is 16.9 Å². The van der Waals surface area contributed by atoms with Crippen LogP contribution in [0.3, 0.4) is 0 Å². The summed E-state index contributed by atoms with van der Waals surface area (Å²) in [6.45, 7) is 4.78. The second-order valence-corrected chi connectivity index (χ2v) is 7.48. The molecule has 0 aliphatic heterocycles. The maximum absolute atomic E-state index is 12.7. The average molecular weight is 421 g/mol. The molecule has 5 nitrogen and oxygen atoms in total. The predicted octanol–water partition coefficient (Wildman–Crippen LogP) is 5.65. The lowest BCUT2D eigenvalue weighted by atomic mass is 9.99. The van der Waals surface area contributed by atoms with E-state index in [1.165, 1.54) is 5.56 Å². The van der Waals surface area contributed by atoms with Crippen LogP contribution in [0, 0.1) is 0 Å². The summed E-state index contributed by atoms with van der Waals surface area (Å²) in [4.78, 5) is 21.3. The molecule has 0 bridgehead atoms. The van der Waals surface area contributed by atoms with Gasteiger partial charge >= 0.3 is 0 Å². The molecule has 1 amide bonds. The molecule has 2 N–H and O–H groups in total. The first-order valence-corrected chi connectivity index (χ1v) is 10.3. The molecule has 0 saturated heterocycles. The highest BCUT2D eigenvalue weighted by molar-refractivity contribution is 6.31. The van der Waals surface area contributed by atoms with E-state index in [0.717, 1.165) is 17.7 Å². The van der Waals surface area contributed by atoms with Gasteiger partial charge in [-0.2, -0.15) is 0 Å². The van der Waals surface area contributed by atoms with Crippen molar-refractivity contribution < 1.29 is 4.79 Å². The van der Waals surface area contributed by atoms with E-state index in [1.807, 2.05) is 24.3 Å². The highest BCUT2D eigenvalue weighted by Gasteiger charge is 2.10. The van der Waals surface area contributed by atoms with Crippen molar-refractivity contribution in [2.24, 2.45) is 4.99 Å². The van der Waals surface area contributed by atoms with Gasteiger partial charge in [-0.05, 0) is 65.9 Å². The van der Waals surface area contributed by atoms with Gasteiger partial charge in [-0.25, -0.2) is 4.99 Å². The number of carbonyl (C=O) groups is 1. The van der Waals surface area contributed by atoms with E-state index in [4.69, 9.17) is 11.6 Å². The number of nitrogens with zero attached hydrogens (tertiary/aromatic N) is 2. The molecule has 1 atom stereocenters. The summed E-state index contributed by atoms with van der Waals surface area (Å²) >= 11 is 6.02. The van der Waals surface area contributed by atoms with Gasteiger partial charge in [0, 0.05) is 28.7 Å². The molecule has 6 heteroatoms. The van der Waals surface area contributed by atoms with Gasteiger partial charge in [0.1, 0.15) is 0 Å². The van der Waals surface area contributed by atoms with Crippen LogP contribution in [0.4, 0.5) is 5.69 Å². The Bertz CT molecular complexity index is 1000. The Balaban J connectivity index is 1.79. The number of rotatable bonds is 6. The summed E-state index contributed by atoms with van der Waals surface area (Å²) < 4.78 is 0. The fourth-order valence-corrected chi connectivity index (χ4v) is 3.04. The Morgan fingerprint density at radius 3 is 2.50 bits per heavy atom. The van der Waals surface area contributed by atoms with Crippen molar-refractivity contribution in [3.05, 3.63) is 94.8 Å². The van der Waals surface area contributed by atoms with Gasteiger partial charge < -0.3 is 5.32 Å². The zero-order chi connectivity index (χ0) is 21.3. The summed E-state index contributed by atoms with van der Waals surface area (Å²) in [5.74, 6) is 0.587. The lowest BCUT2D eigenvalue weighted by Gasteiger charge is -2.14. The number of hydrogen-bond acceptors (Lipinski definition) is 3. The van der Waals surface area contributed by atoms with Gasteiger partial charge in [0.05, 0.1) is 6.54 Å². The molecule has 1 unspecified atom stereocenters. The molecular formula is C24H25ClN4O. The number of amides is 1. The van der Waals surface area contributed by atoms with E-state index < -0.39 is 0 Å². The summed E-state index contributed by atoms with van der Waals surface area (Å²) in [5, 5.41) is 6.58. The SMILES string of the molecule is CCC(C)c1ccc(NC(=NCc2ccncc2)NC(=O)c2cccc(Cl)c2)cc1. The van der Waals surface area contributed by atoms with Crippen LogP contribution in [0.25, 0.3) is 0 Å². The smallest absolute Gasteiger partial charge is 0.258 e. The third kappa shape index (κ3) is 6.16. The zero-order valence-electron chi connectivity index (χ0n) is 17.1. The van der Waals surface area contributed by atoms with E-state index in [-0.39, 0.29) is 5.91 Å². The molecule has 3 aromatic rings. The second kappa shape index (κ2) is 10.6. The Labute approximate surface area is 182 Å². The second-order valence-electron chi connectivity index (χ2n) is 7.04. The first kappa shape index (κ1) is 21.5. The summed E-state index contributed by atoms with van der Waals surface area (Å²) in [6.07, 6.45) is 4.52. The van der Waals surface area contributed by atoms with Crippen molar-refractivity contribution in [3.63, 3.8) is 0 Å². The quantitative estimate of drug-likeness (QED) is 0.400. The molecular weight excluding hydrogens is 396 g/mol. The molecule has 0 spiro atoms. The van der Waals surface area contributed by atoms with Crippen molar-refractivity contribution in [1.29, 1.82) is 0 Å². The maximum atomic E-state index is 12.7. The number of aliphatic imine (C=N–C) groups is 1. The molecule has 0 fully saturated rings. The zero-order valence-corrected chi connectivity index (χ0v) is 17.9. The first-order chi connectivity index (χ1) is 14.5. The van der Waals surface area contributed by atoms with Crippen LogP contribution in [0.1, 0.15) is 47.7 Å². The third-order valence-corrected chi connectivity index (χ3v) is 5.08. The Kier molecular flexibility index (Phi) is 7.57. The maximum Gasteiger partial charge on any atom is 0.258 e. The van der Waals surface area contributed by atoms with E-state index >= 15 is 0 Å². The fourth-order valence-electron chi connectivity index (χ4n) is 2.85. The molecule has 0 radical (unpaired) electrons. The predicted molar refractivity (Wildman–Crippen MR) is 123 cm³/mol. The van der Waals surface area contributed by atoms with Gasteiger partial charge in [0.15, 0.2) is 0 Å². The normalized spacial score (nSPS) is 12.3. The Morgan fingerprint density at radius 2 is 1.83 bits per heavy atom. The van der Waals surface area contributed by atoms with Crippen LogP contribution in [0.2, 0.25) is 5.02 Å². The number of carbonyl (C=O) groups excluding carboxylic acids is 1. The van der Waals surface area contributed by atoms with E-state index in [1.54, 1.807) is 36.7 Å². The molecule has 0 aliphatic carbocycles. The third-order valence-electron chi connectivity index (χ3n) is 4.84. The lowest BCUT2D eigenvalue weighted by molar-refractivity contribution is 0.0977. The van der Waals surface area contributed by atoms with Crippen molar-refractivity contribution in [2.45, 2.75) is 32.7 Å². The fraction of sp³-hybridized carbons (Fsp3) is 0.208. The van der Waals surface area contributed by atoms with Crippen LogP contribution in [0.15, 0.2) is 78.0 Å². The van der Waals surface area contributed by atoms with Gasteiger partial charge in [0.25, 0.3) is 5.91 Å². The topological polar surface area (TPSA) is 66.4 Å². The number of nitrogens with one attached hydrogen (secondary N) is 2. The Morgan fingerprint density at radius 1 is 1.10 bits per heavy atom. The van der Waals surface area contributed by atoms with E-state index in [0.29, 0.717) is 29.0 Å². The number of anilines is 1. The van der Waals surface area contributed by atoms with E-state index in [9.17, 15) is 4.79 Å². The average Bonchev–Trinajstić information content (AvgIpc) is 2.78. The lowest BCUT2D eigenvalue weighted by Crippen LogP contribution is -2.36. The molecule has 0 saturated carbocycles. The van der Waals surface area contributed by atoms with Crippen molar-refractivity contribution >= 4 is 29.2 Å². The molecule has 1 aromatic heterocycles. The summed E-state index contributed by atoms with van der Waals surface area (Å²) in [7, 11) is 0. The largest absolute Gasteiger partial charge is 0.326 e. The van der Waals surface area contributed by atoms with Crippen LogP contribution >= 0.6 is 11.6 Å². The highest BCUT2D eigenvalue weighted by Crippen LogP contribution is 2.20. The van der Waals surface area contributed by atoms with Crippen LogP contribution in [0.5, 0.6) is 0 Å². The van der Waals surface area contributed by atoms with Gasteiger partial charge in [-0.15, -0.1) is 0 Å². The molecule has 0 aliphatic rings. The molecule has 154 valence electrons. The molecule has 1 heterocycles. The number of halogens is 1. The minimum absolute atomic E-state index is 0.283. The number of aromatic nitrogens is 1. The molecule has 2 aromatic carbocycles. The van der Waals surface area contributed by atoms with Gasteiger partial charge in [-0.1, -0.05) is 43.6 Å². The van der Waals surface area contributed by atoms with Gasteiger partial charge in [0.2, 0.25) is 5.96 Å². The number of guanidine groups is 1. The highest BCUT2D eigenvalue weighted by atomic mass is 35.5. The first-order valence-electron chi connectivity index (χ1n) is 9.92. The number of hydrogen-bond donors (Lipinski definition) is 2. The number of benzene rings is 2. The number of pyridine rings is 1. The van der Waals surface area contributed by atoms with Crippen LogP contribution < -0.4 is 10.6 Å². The molecule has 3 rings (SSSR count). The van der Waals surface area contributed by atoms with Crippen LogP contribution in [-0.2, 0) is 6.54 Å². The van der Waals surface area contributed by atoms with E-state index in [2.05, 4.69) is 46.6 Å². The van der Waals surface area contributed by atoms with Crippen molar-refractivity contribution in [1.82, 2.24) is 10.3 Å². The summed E-state index contributed by atoms with van der Waals surface area (Å²) in [5.41, 5.74) is 3.59. The van der Waals surface area contributed by atoms with Crippen molar-refractivity contribution in [2.75, 3.05) is 5.32 Å². The monoisotopic (exact) mass is 420 g/mol. The molecule has 30 heavy (non-hydrogen) atoms. The Hall–Kier alpha value is -3.18. The van der Waals surface area contributed by atoms with Crippen molar-refractivity contribution in [3.8, 4) is 0 Å². The minimum Gasteiger partial charge on any atom is -0.326 e. The van der Waals surface area contributed by atoms with Gasteiger partial charge in [-0.3, -0.25) is 15.1 Å².